The smallest absolute Gasteiger partial charge is 0.0829 e. The molecule has 2 N–H and O–H groups in total. The van der Waals surface area contributed by atoms with Crippen LogP contribution < -0.4 is 5.73 Å². The van der Waals surface area contributed by atoms with Gasteiger partial charge in [0.1, 0.15) is 0 Å². The first-order valence-corrected chi connectivity index (χ1v) is 7.30. The minimum absolute atomic E-state index is 0.312. The predicted molar refractivity (Wildman–Crippen MR) is 80.0 cm³/mol. The number of rotatable bonds is 7. The van der Waals surface area contributed by atoms with E-state index in [4.69, 9.17) is 22.7 Å². The Balaban J connectivity index is 2.41. The van der Waals surface area contributed by atoms with Crippen LogP contribution in [0.5, 0.6) is 0 Å². The zero-order chi connectivity index (χ0) is 13.5. The molecule has 0 spiro atoms. The van der Waals surface area contributed by atoms with Gasteiger partial charge >= 0.3 is 0 Å². The van der Waals surface area contributed by atoms with Crippen LogP contribution in [-0.4, -0.2) is 66.3 Å². The van der Waals surface area contributed by atoms with E-state index in [2.05, 4.69) is 30.6 Å². The highest BCUT2D eigenvalue weighted by atomic mass is 32.1. The normalized spacial score (nSPS) is 21.7. The monoisotopic (exact) mass is 273 g/mol. The van der Waals surface area contributed by atoms with Crippen LogP contribution in [-0.2, 0) is 4.74 Å². The zero-order valence-corrected chi connectivity index (χ0v) is 12.7. The molecule has 1 atom stereocenters. The second kappa shape index (κ2) is 8.04. The van der Waals surface area contributed by atoms with Gasteiger partial charge in [0.2, 0.25) is 0 Å². The number of nitrogens with two attached hydrogens (primary N) is 1. The van der Waals surface area contributed by atoms with Crippen LogP contribution in [0.25, 0.3) is 0 Å². The summed E-state index contributed by atoms with van der Waals surface area (Å²) in [7, 11) is 0. The summed E-state index contributed by atoms with van der Waals surface area (Å²) in [5, 5.41) is 0. The third-order valence-corrected chi connectivity index (χ3v) is 3.69. The molecule has 1 aliphatic heterocycles. The zero-order valence-electron chi connectivity index (χ0n) is 11.9. The van der Waals surface area contributed by atoms with Crippen molar-refractivity contribution in [2.75, 3.05) is 39.3 Å². The van der Waals surface area contributed by atoms with E-state index in [9.17, 15) is 0 Å². The summed E-state index contributed by atoms with van der Waals surface area (Å²) in [5.41, 5.74) is 5.58. The van der Waals surface area contributed by atoms with E-state index in [1.165, 1.54) is 0 Å². The Morgan fingerprint density at radius 3 is 2.83 bits per heavy atom. The summed E-state index contributed by atoms with van der Waals surface area (Å²) in [4.78, 5) is 5.45. The van der Waals surface area contributed by atoms with E-state index in [1.807, 2.05) is 0 Å². The molecule has 106 valence electrons. The predicted octanol–water partition coefficient (Wildman–Crippen LogP) is 1.09. The van der Waals surface area contributed by atoms with Crippen LogP contribution >= 0.6 is 12.2 Å². The Hall–Kier alpha value is -0.230. The van der Waals surface area contributed by atoms with Gasteiger partial charge in [-0.1, -0.05) is 19.1 Å². The lowest BCUT2D eigenvalue weighted by Crippen LogP contribution is -2.49. The molecule has 0 aromatic carbocycles. The maximum Gasteiger partial charge on any atom is 0.0829 e. The lowest BCUT2D eigenvalue weighted by molar-refractivity contribution is -0.0451. The molecular formula is C13H27N3OS. The van der Waals surface area contributed by atoms with E-state index in [0.717, 1.165) is 45.8 Å². The topological polar surface area (TPSA) is 41.7 Å². The molecule has 1 rings (SSSR count). The van der Waals surface area contributed by atoms with Gasteiger partial charge in [-0.2, -0.15) is 0 Å². The van der Waals surface area contributed by atoms with Crippen LogP contribution in [0.4, 0.5) is 0 Å². The number of hydrogen-bond donors (Lipinski definition) is 1. The molecule has 1 unspecified atom stereocenters. The molecule has 0 bridgehead atoms. The Morgan fingerprint density at radius 1 is 1.56 bits per heavy atom. The van der Waals surface area contributed by atoms with Crippen LogP contribution in [0, 0.1) is 0 Å². The lowest BCUT2D eigenvalue weighted by Gasteiger charge is -2.36. The van der Waals surface area contributed by atoms with Crippen molar-refractivity contribution in [3.63, 3.8) is 0 Å². The molecule has 5 heteroatoms. The molecule has 0 radical (unpaired) electrons. The Bertz CT molecular complexity index is 261. The van der Waals surface area contributed by atoms with Gasteiger partial charge in [0.25, 0.3) is 0 Å². The standard InChI is InChI=1S/C13H27N3OS/c1-4-15-7-8-17-12(9-15)10-16(11(2)3)6-5-13(14)18/h11-12H,4-10H2,1-3H3,(H2,14,18). The first-order chi connectivity index (χ1) is 8.52. The highest BCUT2D eigenvalue weighted by Gasteiger charge is 2.22. The highest BCUT2D eigenvalue weighted by molar-refractivity contribution is 7.80. The van der Waals surface area contributed by atoms with Gasteiger partial charge in [-0.3, -0.25) is 9.80 Å². The summed E-state index contributed by atoms with van der Waals surface area (Å²) in [5.74, 6) is 0. The van der Waals surface area contributed by atoms with E-state index in [-0.39, 0.29) is 0 Å². The lowest BCUT2D eigenvalue weighted by atomic mass is 10.2. The Kier molecular flexibility index (Phi) is 7.07. The fraction of sp³-hybridized carbons (Fsp3) is 0.923. The van der Waals surface area contributed by atoms with Crippen molar-refractivity contribution in [1.82, 2.24) is 9.80 Å². The van der Waals surface area contributed by atoms with E-state index < -0.39 is 0 Å². The molecule has 4 nitrogen and oxygen atoms in total. The molecule has 0 saturated carbocycles. The first-order valence-electron chi connectivity index (χ1n) is 6.89. The number of ether oxygens (including phenoxy) is 1. The fourth-order valence-corrected chi connectivity index (χ4v) is 2.35. The van der Waals surface area contributed by atoms with Crippen molar-refractivity contribution in [3.8, 4) is 0 Å². The maximum absolute atomic E-state index is 5.85. The van der Waals surface area contributed by atoms with Crippen molar-refractivity contribution in [3.05, 3.63) is 0 Å². The molecular weight excluding hydrogens is 246 g/mol. The van der Waals surface area contributed by atoms with Crippen molar-refractivity contribution in [1.29, 1.82) is 0 Å². The maximum atomic E-state index is 5.85. The molecule has 1 heterocycles. The van der Waals surface area contributed by atoms with E-state index in [1.54, 1.807) is 0 Å². The second-order valence-electron chi connectivity index (χ2n) is 5.19. The molecule has 0 aromatic rings. The fourth-order valence-electron chi connectivity index (χ4n) is 2.25. The minimum atomic E-state index is 0.312. The van der Waals surface area contributed by atoms with Gasteiger partial charge in [-0.25, -0.2) is 0 Å². The number of hydrogen-bond acceptors (Lipinski definition) is 4. The summed E-state index contributed by atoms with van der Waals surface area (Å²) in [6, 6.07) is 0.500. The largest absolute Gasteiger partial charge is 0.393 e. The highest BCUT2D eigenvalue weighted by Crippen LogP contribution is 2.09. The van der Waals surface area contributed by atoms with Crippen molar-refractivity contribution in [2.45, 2.75) is 39.3 Å². The van der Waals surface area contributed by atoms with Gasteiger partial charge in [-0.15, -0.1) is 0 Å². The van der Waals surface area contributed by atoms with Gasteiger partial charge in [0.15, 0.2) is 0 Å². The average molecular weight is 273 g/mol. The summed E-state index contributed by atoms with van der Waals surface area (Å²) >= 11 is 4.95. The van der Waals surface area contributed by atoms with Crippen molar-refractivity contribution >= 4 is 17.2 Å². The molecule has 18 heavy (non-hydrogen) atoms. The molecule has 0 aliphatic carbocycles. The molecule has 1 saturated heterocycles. The van der Waals surface area contributed by atoms with Crippen LogP contribution in [0.2, 0.25) is 0 Å². The van der Waals surface area contributed by atoms with Gasteiger partial charge < -0.3 is 10.5 Å². The van der Waals surface area contributed by atoms with Crippen LogP contribution in [0.1, 0.15) is 27.2 Å². The third-order valence-electron chi connectivity index (χ3n) is 3.48. The van der Waals surface area contributed by atoms with Crippen molar-refractivity contribution < 1.29 is 4.74 Å². The van der Waals surface area contributed by atoms with Crippen molar-refractivity contribution in [2.24, 2.45) is 5.73 Å². The molecule has 1 aliphatic rings. The quantitative estimate of drug-likeness (QED) is 0.703. The van der Waals surface area contributed by atoms with E-state index >= 15 is 0 Å². The van der Waals surface area contributed by atoms with Crippen LogP contribution in [0.3, 0.4) is 0 Å². The molecule has 1 fully saturated rings. The number of nitrogens with zero attached hydrogens (tertiary/aromatic N) is 2. The Morgan fingerprint density at radius 2 is 2.28 bits per heavy atom. The van der Waals surface area contributed by atoms with Gasteiger partial charge in [0, 0.05) is 38.6 Å². The van der Waals surface area contributed by atoms with Gasteiger partial charge in [0.05, 0.1) is 17.7 Å². The molecule has 0 amide bonds. The van der Waals surface area contributed by atoms with Crippen LogP contribution in [0.15, 0.2) is 0 Å². The van der Waals surface area contributed by atoms with Gasteiger partial charge in [-0.05, 0) is 20.4 Å². The SMILES string of the molecule is CCN1CCOC(CN(CCC(N)=S)C(C)C)C1. The third kappa shape index (κ3) is 5.61. The Labute approximate surface area is 116 Å². The van der Waals surface area contributed by atoms with E-state index in [0.29, 0.717) is 17.1 Å². The first kappa shape index (κ1) is 15.8. The summed E-state index contributed by atoms with van der Waals surface area (Å²) in [6.07, 6.45) is 1.10. The molecule has 0 aromatic heterocycles. The number of thiocarbonyl (C=S) groups is 1. The average Bonchev–Trinajstić information content (AvgIpc) is 2.34. The summed E-state index contributed by atoms with van der Waals surface area (Å²) < 4.78 is 5.85. The number of likely N-dealkylation sites (N-methyl/N-ethyl adjacent to an activating group) is 1. The minimum Gasteiger partial charge on any atom is -0.393 e. The summed E-state index contributed by atoms with van der Waals surface area (Å²) in [6.45, 7) is 12.6. The number of morpholine rings is 1. The second-order valence-corrected chi connectivity index (χ2v) is 5.72.